The van der Waals surface area contributed by atoms with E-state index in [0.717, 1.165) is 17.7 Å². The first-order chi connectivity index (χ1) is 13.0. The number of para-hydroxylation sites is 1. The topological polar surface area (TPSA) is 52.0 Å². The Labute approximate surface area is 168 Å². The van der Waals surface area contributed by atoms with Crippen LogP contribution in [0.25, 0.3) is 0 Å². The van der Waals surface area contributed by atoms with Gasteiger partial charge in [-0.2, -0.15) is 0 Å². The van der Waals surface area contributed by atoms with Crippen LogP contribution in [0, 0.1) is 0 Å². The quantitative estimate of drug-likeness (QED) is 0.602. The Kier molecular flexibility index (Phi) is 4.81. The van der Waals surface area contributed by atoms with Crippen molar-refractivity contribution in [3.8, 4) is 0 Å². The highest BCUT2D eigenvalue weighted by atomic mass is 35.5. The normalized spacial score (nSPS) is 18.6. The van der Waals surface area contributed by atoms with Crippen molar-refractivity contribution < 1.29 is 0 Å². The molecule has 2 aromatic rings. The number of aliphatic imine (C=N–C) groups is 2. The maximum absolute atomic E-state index is 6.30. The fraction of sp³-hybridized carbons (Fsp3) is 0.200. The van der Waals surface area contributed by atoms with E-state index in [0.29, 0.717) is 11.7 Å². The summed E-state index contributed by atoms with van der Waals surface area (Å²) < 4.78 is -1.57. The number of hydrazine groups is 1. The number of benzene rings is 2. The van der Waals surface area contributed by atoms with E-state index in [4.69, 9.17) is 23.2 Å². The first-order valence-electron chi connectivity index (χ1n) is 8.72. The average molecular weight is 400 g/mol. The molecule has 5 nitrogen and oxygen atoms in total. The van der Waals surface area contributed by atoms with Crippen molar-refractivity contribution in [2.24, 2.45) is 9.98 Å². The standard InChI is InChI=1S/C20H19Cl2N5/c1-14(12-15-8-4-2-5-9-15)24-18-17-13-23-27(16-10-6-3-7-11-16)19(17)26-20(21,22)25-18/h2-11,13-14,23H,12H2,1H3,(H,24,25)/t14-/m0/s1. The molecule has 2 heterocycles. The van der Waals surface area contributed by atoms with Crippen molar-refractivity contribution in [3.63, 3.8) is 0 Å². The third-order valence-corrected chi connectivity index (χ3v) is 4.65. The smallest absolute Gasteiger partial charge is 0.309 e. The number of hydrogen-bond acceptors (Lipinski definition) is 5. The first-order valence-corrected chi connectivity index (χ1v) is 9.48. The molecule has 0 fully saturated rings. The number of rotatable bonds is 4. The summed E-state index contributed by atoms with van der Waals surface area (Å²) >= 11 is 12.6. The van der Waals surface area contributed by atoms with Crippen molar-refractivity contribution in [2.75, 3.05) is 5.01 Å². The largest absolute Gasteiger partial charge is 0.367 e. The third-order valence-electron chi connectivity index (χ3n) is 4.31. The van der Waals surface area contributed by atoms with Gasteiger partial charge >= 0.3 is 4.58 Å². The van der Waals surface area contributed by atoms with Gasteiger partial charge in [0, 0.05) is 12.2 Å². The minimum Gasteiger partial charge on any atom is -0.367 e. The van der Waals surface area contributed by atoms with Gasteiger partial charge in [0.1, 0.15) is 5.84 Å². The fourth-order valence-corrected chi connectivity index (χ4v) is 3.47. The zero-order valence-corrected chi connectivity index (χ0v) is 16.2. The molecule has 2 aromatic carbocycles. The van der Waals surface area contributed by atoms with Crippen molar-refractivity contribution in [2.45, 2.75) is 24.0 Å². The van der Waals surface area contributed by atoms with Gasteiger partial charge in [0.05, 0.1) is 11.3 Å². The molecule has 138 valence electrons. The molecule has 27 heavy (non-hydrogen) atoms. The van der Waals surface area contributed by atoms with Gasteiger partial charge in [-0.1, -0.05) is 48.5 Å². The summed E-state index contributed by atoms with van der Waals surface area (Å²) in [6.07, 6.45) is 2.71. The van der Waals surface area contributed by atoms with E-state index < -0.39 is 4.58 Å². The Hall–Kier alpha value is -2.50. The number of halogens is 2. The minimum atomic E-state index is -1.57. The molecule has 0 radical (unpaired) electrons. The number of anilines is 1. The monoisotopic (exact) mass is 399 g/mol. The van der Waals surface area contributed by atoms with Gasteiger partial charge < -0.3 is 5.32 Å². The van der Waals surface area contributed by atoms with Gasteiger partial charge in [-0.15, -0.1) is 0 Å². The zero-order chi connectivity index (χ0) is 18.9. The molecule has 0 saturated carbocycles. The van der Waals surface area contributed by atoms with Crippen LogP contribution in [0.1, 0.15) is 12.5 Å². The molecule has 1 atom stereocenters. The van der Waals surface area contributed by atoms with Crippen molar-refractivity contribution in [1.29, 1.82) is 0 Å². The van der Waals surface area contributed by atoms with E-state index >= 15 is 0 Å². The predicted octanol–water partition coefficient (Wildman–Crippen LogP) is 4.02. The van der Waals surface area contributed by atoms with E-state index in [-0.39, 0.29) is 6.04 Å². The van der Waals surface area contributed by atoms with E-state index in [1.165, 1.54) is 5.56 Å². The molecular weight excluding hydrogens is 381 g/mol. The summed E-state index contributed by atoms with van der Waals surface area (Å²) in [7, 11) is 0. The van der Waals surface area contributed by atoms with Crippen LogP contribution in [0.15, 0.2) is 82.4 Å². The Morgan fingerprint density at radius 3 is 2.41 bits per heavy atom. The molecule has 7 heteroatoms. The highest BCUT2D eigenvalue weighted by Gasteiger charge is 2.37. The SMILES string of the molecule is C[C@@H](Cc1ccccc1)NC1=NC(Cl)(Cl)N=C2C1=CNN2c1ccccc1. The summed E-state index contributed by atoms with van der Waals surface area (Å²) in [5.41, 5.74) is 6.22. The molecule has 4 rings (SSSR count). The van der Waals surface area contributed by atoms with E-state index in [2.05, 4.69) is 39.8 Å². The van der Waals surface area contributed by atoms with Crippen LogP contribution in [-0.4, -0.2) is 22.3 Å². The van der Waals surface area contributed by atoms with E-state index in [1.807, 2.05) is 59.7 Å². The van der Waals surface area contributed by atoms with Gasteiger partial charge in [-0.25, -0.2) is 15.0 Å². The van der Waals surface area contributed by atoms with E-state index in [1.54, 1.807) is 0 Å². The number of alkyl halides is 2. The molecule has 2 aliphatic heterocycles. The highest BCUT2D eigenvalue weighted by molar-refractivity contribution is 6.50. The van der Waals surface area contributed by atoms with Crippen LogP contribution >= 0.6 is 23.2 Å². The number of fused-ring (bicyclic) bond motifs is 1. The molecule has 0 aromatic heterocycles. The summed E-state index contributed by atoms with van der Waals surface area (Å²) in [4.78, 5) is 8.77. The maximum Gasteiger partial charge on any atom is 0.309 e. The zero-order valence-electron chi connectivity index (χ0n) is 14.7. The lowest BCUT2D eigenvalue weighted by Gasteiger charge is -2.27. The average Bonchev–Trinajstić information content (AvgIpc) is 3.06. The number of amidine groups is 2. The second-order valence-corrected chi connectivity index (χ2v) is 7.75. The van der Waals surface area contributed by atoms with Crippen molar-refractivity contribution >= 4 is 40.6 Å². The predicted molar refractivity (Wildman–Crippen MR) is 112 cm³/mol. The molecule has 2 aliphatic rings. The molecule has 0 aliphatic carbocycles. The van der Waals surface area contributed by atoms with Gasteiger partial charge in [0.15, 0.2) is 5.84 Å². The van der Waals surface area contributed by atoms with Crippen LogP contribution in [0.3, 0.4) is 0 Å². The molecule has 0 unspecified atom stereocenters. The number of nitrogens with zero attached hydrogens (tertiary/aromatic N) is 3. The second-order valence-electron chi connectivity index (χ2n) is 6.50. The molecule has 0 bridgehead atoms. The van der Waals surface area contributed by atoms with Crippen molar-refractivity contribution in [1.82, 2.24) is 10.7 Å². The Morgan fingerprint density at radius 2 is 1.70 bits per heavy atom. The Bertz CT molecular complexity index is 906. The lowest BCUT2D eigenvalue weighted by atomic mass is 10.1. The summed E-state index contributed by atoms with van der Waals surface area (Å²) in [6, 6.07) is 20.3. The molecular formula is C20H19Cl2N5. The number of nitrogens with one attached hydrogen (secondary N) is 2. The summed E-state index contributed by atoms with van der Waals surface area (Å²) in [6.45, 7) is 2.10. The van der Waals surface area contributed by atoms with Gasteiger partial charge in [0.2, 0.25) is 0 Å². The van der Waals surface area contributed by atoms with Gasteiger partial charge in [-0.3, -0.25) is 5.43 Å². The van der Waals surface area contributed by atoms with Crippen LogP contribution < -0.4 is 15.8 Å². The van der Waals surface area contributed by atoms with Crippen molar-refractivity contribution in [3.05, 3.63) is 78.0 Å². The molecule has 0 spiro atoms. The Morgan fingerprint density at radius 1 is 1.04 bits per heavy atom. The summed E-state index contributed by atoms with van der Waals surface area (Å²) in [5.74, 6) is 1.26. The van der Waals surface area contributed by atoms with E-state index in [9.17, 15) is 0 Å². The fourth-order valence-electron chi connectivity index (χ4n) is 3.14. The number of hydrogen-bond donors (Lipinski definition) is 2. The Balaban J connectivity index is 1.55. The van der Waals surface area contributed by atoms with Crippen LogP contribution in [0.4, 0.5) is 5.69 Å². The summed E-state index contributed by atoms with van der Waals surface area (Å²) in [5, 5.41) is 5.27. The van der Waals surface area contributed by atoms with Crippen LogP contribution in [-0.2, 0) is 6.42 Å². The third kappa shape index (κ3) is 3.94. The maximum atomic E-state index is 6.30. The minimum absolute atomic E-state index is 0.140. The molecule has 2 N–H and O–H groups in total. The van der Waals surface area contributed by atoms with Crippen LogP contribution in [0.5, 0.6) is 0 Å². The van der Waals surface area contributed by atoms with Crippen LogP contribution in [0.2, 0.25) is 0 Å². The lowest BCUT2D eigenvalue weighted by molar-refractivity contribution is 0.654. The second kappa shape index (κ2) is 7.25. The van der Waals surface area contributed by atoms with Gasteiger partial charge in [-0.05, 0) is 54.2 Å². The molecule has 0 amide bonds. The molecule has 0 saturated heterocycles. The highest BCUT2D eigenvalue weighted by Crippen LogP contribution is 2.33. The first kappa shape index (κ1) is 17.9. The lowest BCUT2D eigenvalue weighted by Crippen LogP contribution is -2.44. The van der Waals surface area contributed by atoms with Gasteiger partial charge in [0.25, 0.3) is 0 Å².